The molecule has 3 rings (SSSR count). The summed E-state index contributed by atoms with van der Waals surface area (Å²) in [4.78, 5) is 26.5. The van der Waals surface area contributed by atoms with Crippen LogP contribution < -0.4 is 0 Å². The van der Waals surface area contributed by atoms with Crippen molar-refractivity contribution in [2.24, 2.45) is 0 Å². The fourth-order valence-corrected chi connectivity index (χ4v) is 3.73. The minimum atomic E-state index is -0.631. The molecule has 0 N–H and O–H groups in total. The van der Waals surface area contributed by atoms with Crippen LogP contribution in [-0.2, 0) is 14.3 Å². The van der Waals surface area contributed by atoms with E-state index in [4.69, 9.17) is 9.47 Å². The molecule has 2 saturated heterocycles. The third kappa shape index (κ3) is 3.31. The maximum atomic E-state index is 12.8. The number of amides is 1. The first-order chi connectivity index (χ1) is 11.3. The Morgan fingerprint density at radius 3 is 2.58 bits per heavy atom. The maximum absolute atomic E-state index is 12.8. The smallest absolute Gasteiger partial charge is 0.410 e. The highest BCUT2D eigenvalue weighted by Crippen LogP contribution is 2.47. The number of carbonyl (C=O) groups is 2. The Kier molecular flexibility index (Phi) is 4.38. The van der Waals surface area contributed by atoms with E-state index in [1.54, 1.807) is 4.90 Å². The third-order valence-electron chi connectivity index (χ3n) is 4.57. The van der Waals surface area contributed by atoms with Crippen molar-refractivity contribution in [3.63, 3.8) is 0 Å². The van der Waals surface area contributed by atoms with Gasteiger partial charge in [0.1, 0.15) is 17.8 Å². The van der Waals surface area contributed by atoms with Gasteiger partial charge in [-0.05, 0) is 39.2 Å². The van der Waals surface area contributed by atoms with Gasteiger partial charge in [-0.1, -0.05) is 30.3 Å². The van der Waals surface area contributed by atoms with E-state index in [2.05, 4.69) is 0 Å². The second-order valence-corrected chi connectivity index (χ2v) is 7.66. The van der Waals surface area contributed by atoms with Gasteiger partial charge >= 0.3 is 6.09 Å². The van der Waals surface area contributed by atoms with Crippen molar-refractivity contribution in [3.8, 4) is 0 Å². The zero-order valence-electron chi connectivity index (χ0n) is 14.6. The summed E-state index contributed by atoms with van der Waals surface area (Å²) in [5.41, 5.74) is -0.208. The van der Waals surface area contributed by atoms with Crippen molar-refractivity contribution in [2.75, 3.05) is 13.2 Å². The number of benzene rings is 1. The van der Waals surface area contributed by atoms with E-state index in [9.17, 15) is 9.59 Å². The summed E-state index contributed by atoms with van der Waals surface area (Å²) in [6.07, 6.45) is 1.58. The van der Waals surface area contributed by atoms with Gasteiger partial charge < -0.3 is 9.47 Å². The molecule has 1 aromatic carbocycles. The minimum absolute atomic E-state index is 0.0990. The summed E-state index contributed by atoms with van der Waals surface area (Å²) in [7, 11) is 0. The number of carbonyl (C=O) groups excluding carboxylic acids is 2. The van der Waals surface area contributed by atoms with Gasteiger partial charge in [-0.25, -0.2) is 4.79 Å². The Bertz CT molecular complexity index is 622. The van der Waals surface area contributed by atoms with Gasteiger partial charge in [0.25, 0.3) is 0 Å². The molecule has 2 aliphatic rings. The van der Waals surface area contributed by atoms with Crippen LogP contribution in [0, 0.1) is 0 Å². The zero-order chi connectivity index (χ0) is 17.4. The SMILES string of the molecule is CC(C)(C)OC(=O)N1CCCC2(CC(=O)CO2)C1c1ccccc1. The lowest BCUT2D eigenvalue weighted by molar-refractivity contribution is -0.118. The van der Waals surface area contributed by atoms with Gasteiger partial charge in [-0.15, -0.1) is 0 Å². The maximum Gasteiger partial charge on any atom is 0.410 e. The molecule has 1 amide bonds. The fraction of sp³-hybridized carbons (Fsp3) is 0.579. The van der Waals surface area contributed by atoms with Crippen LogP contribution in [0.1, 0.15) is 51.6 Å². The molecular weight excluding hydrogens is 306 g/mol. The van der Waals surface area contributed by atoms with Crippen LogP contribution in [0.5, 0.6) is 0 Å². The first kappa shape index (κ1) is 17.0. The van der Waals surface area contributed by atoms with Gasteiger partial charge in [0.05, 0.1) is 6.04 Å². The van der Waals surface area contributed by atoms with Gasteiger partial charge in [0.2, 0.25) is 0 Å². The van der Waals surface area contributed by atoms with Gasteiger partial charge in [-0.3, -0.25) is 9.69 Å². The summed E-state index contributed by atoms with van der Waals surface area (Å²) in [5, 5.41) is 0. The molecular formula is C19H25NO4. The summed E-state index contributed by atoms with van der Waals surface area (Å²) >= 11 is 0. The topological polar surface area (TPSA) is 55.8 Å². The van der Waals surface area contributed by atoms with Crippen molar-refractivity contribution >= 4 is 11.9 Å². The first-order valence-electron chi connectivity index (χ1n) is 8.51. The molecule has 1 spiro atoms. The number of nitrogens with zero attached hydrogens (tertiary/aromatic N) is 1. The number of Topliss-reactive ketones (excluding diaryl/α,β-unsaturated/α-hetero) is 1. The van der Waals surface area contributed by atoms with E-state index >= 15 is 0 Å². The highest BCUT2D eigenvalue weighted by atomic mass is 16.6. The number of hydrogen-bond donors (Lipinski definition) is 0. The van der Waals surface area contributed by atoms with Crippen molar-refractivity contribution < 1.29 is 19.1 Å². The van der Waals surface area contributed by atoms with Crippen molar-refractivity contribution in [1.29, 1.82) is 0 Å². The quantitative estimate of drug-likeness (QED) is 0.790. The molecule has 2 atom stereocenters. The van der Waals surface area contributed by atoms with Crippen LogP contribution in [0.2, 0.25) is 0 Å². The van der Waals surface area contributed by atoms with Crippen molar-refractivity contribution in [2.45, 2.75) is 57.3 Å². The Balaban J connectivity index is 1.97. The molecule has 2 unspecified atom stereocenters. The van der Waals surface area contributed by atoms with Crippen molar-refractivity contribution in [3.05, 3.63) is 35.9 Å². The first-order valence-corrected chi connectivity index (χ1v) is 8.51. The molecule has 2 aliphatic heterocycles. The summed E-state index contributed by atoms with van der Waals surface area (Å²) in [5.74, 6) is 0.0990. The zero-order valence-corrected chi connectivity index (χ0v) is 14.6. The van der Waals surface area contributed by atoms with Gasteiger partial charge in [0.15, 0.2) is 5.78 Å². The Hall–Kier alpha value is -1.88. The van der Waals surface area contributed by atoms with Crippen molar-refractivity contribution in [1.82, 2.24) is 4.90 Å². The minimum Gasteiger partial charge on any atom is -0.444 e. The average molecular weight is 331 g/mol. The summed E-state index contributed by atoms with van der Waals surface area (Å²) in [6, 6.07) is 9.51. The predicted octanol–water partition coefficient (Wildman–Crippen LogP) is 3.49. The molecule has 0 saturated carbocycles. The van der Waals surface area contributed by atoms with Crippen LogP contribution in [0.4, 0.5) is 4.79 Å². The van der Waals surface area contributed by atoms with Crippen LogP contribution in [0.3, 0.4) is 0 Å². The predicted molar refractivity (Wildman–Crippen MR) is 89.7 cm³/mol. The molecule has 0 aliphatic carbocycles. The molecule has 0 aromatic heterocycles. The summed E-state index contributed by atoms with van der Waals surface area (Å²) < 4.78 is 11.6. The monoisotopic (exact) mass is 331 g/mol. The number of rotatable bonds is 1. The molecule has 2 fully saturated rings. The Labute approximate surface area is 142 Å². The molecule has 24 heavy (non-hydrogen) atoms. The van der Waals surface area contributed by atoms with E-state index in [1.165, 1.54) is 0 Å². The lowest BCUT2D eigenvalue weighted by Crippen LogP contribution is -2.53. The van der Waals surface area contributed by atoms with Gasteiger partial charge in [-0.2, -0.15) is 0 Å². The molecule has 130 valence electrons. The normalized spacial score (nSPS) is 27.5. The van der Waals surface area contributed by atoms with Gasteiger partial charge in [0, 0.05) is 13.0 Å². The average Bonchev–Trinajstić information content (AvgIpc) is 2.87. The second-order valence-electron chi connectivity index (χ2n) is 7.66. The van der Waals surface area contributed by atoms with E-state index in [0.717, 1.165) is 18.4 Å². The van der Waals surface area contributed by atoms with E-state index < -0.39 is 11.2 Å². The number of ether oxygens (including phenoxy) is 2. The lowest BCUT2D eigenvalue weighted by Gasteiger charge is -2.47. The standard InChI is InChI=1S/C19H25NO4/c1-18(2,3)24-17(22)20-11-7-10-19(12-15(21)13-23-19)16(20)14-8-5-4-6-9-14/h4-6,8-9,16H,7,10-13H2,1-3H3. The number of piperidine rings is 1. The van der Waals surface area contributed by atoms with E-state index in [1.807, 2.05) is 51.1 Å². The molecule has 5 heteroatoms. The molecule has 5 nitrogen and oxygen atoms in total. The Morgan fingerprint density at radius 2 is 2.00 bits per heavy atom. The molecule has 0 radical (unpaired) electrons. The summed E-state index contributed by atoms with van der Waals surface area (Å²) in [6.45, 7) is 6.31. The fourth-order valence-electron chi connectivity index (χ4n) is 3.73. The second kappa shape index (κ2) is 6.20. The molecule has 2 heterocycles. The highest BCUT2D eigenvalue weighted by Gasteiger charge is 2.53. The van der Waals surface area contributed by atoms with Crippen LogP contribution in [0.15, 0.2) is 30.3 Å². The van der Waals surface area contributed by atoms with Crippen LogP contribution in [0.25, 0.3) is 0 Å². The van der Waals surface area contributed by atoms with E-state index in [-0.39, 0.29) is 24.5 Å². The molecule has 1 aromatic rings. The Morgan fingerprint density at radius 1 is 1.29 bits per heavy atom. The number of hydrogen-bond acceptors (Lipinski definition) is 4. The number of likely N-dealkylation sites (tertiary alicyclic amines) is 1. The van der Waals surface area contributed by atoms with Crippen LogP contribution >= 0.6 is 0 Å². The lowest BCUT2D eigenvalue weighted by atomic mass is 9.78. The highest BCUT2D eigenvalue weighted by molar-refractivity contribution is 5.83. The van der Waals surface area contributed by atoms with Crippen LogP contribution in [-0.4, -0.2) is 41.1 Å². The number of ketones is 1. The largest absolute Gasteiger partial charge is 0.444 e. The molecule has 0 bridgehead atoms. The van der Waals surface area contributed by atoms with E-state index in [0.29, 0.717) is 13.0 Å². The third-order valence-corrected chi connectivity index (χ3v) is 4.57.